The Hall–Kier alpha value is -2.12. The second kappa shape index (κ2) is 10.9. The average molecular weight is 397 g/mol. The number of nitrogens with two attached hydrogens (primary N) is 1. The molecule has 27 heavy (non-hydrogen) atoms. The summed E-state index contributed by atoms with van der Waals surface area (Å²) >= 11 is 0. The molecular weight excluding hydrogens is 368 g/mol. The van der Waals surface area contributed by atoms with E-state index in [4.69, 9.17) is 5.73 Å². The summed E-state index contributed by atoms with van der Waals surface area (Å²) in [6.45, 7) is 5.29. The third-order valence-corrected chi connectivity index (χ3v) is 4.57. The van der Waals surface area contributed by atoms with Crippen LogP contribution in [0.3, 0.4) is 0 Å². The van der Waals surface area contributed by atoms with Crippen LogP contribution in [0.25, 0.3) is 0 Å². The summed E-state index contributed by atoms with van der Waals surface area (Å²) in [4.78, 5) is 37.4. The first-order valence-corrected chi connectivity index (χ1v) is 9.03. The van der Waals surface area contributed by atoms with Crippen molar-refractivity contribution in [1.29, 1.82) is 0 Å². The van der Waals surface area contributed by atoms with Gasteiger partial charge in [-0.05, 0) is 23.5 Å². The molecule has 1 aliphatic rings. The van der Waals surface area contributed by atoms with Crippen LogP contribution in [0.4, 0.5) is 0 Å². The van der Waals surface area contributed by atoms with E-state index in [0.29, 0.717) is 19.5 Å². The van der Waals surface area contributed by atoms with Crippen molar-refractivity contribution in [1.82, 2.24) is 15.5 Å². The average Bonchev–Trinajstić information content (AvgIpc) is 3.02. The number of hydrogen-bond acceptors (Lipinski definition) is 4. The van der Waals surface area contributed by atoms with Crippen LogP contribution >= 0.6 is 12.4 Å². The monoisotopic (exact) mass is 396 g/mol. The molecule has 1 aliphatic heterocycles. The van der Waals surface area contributed by atoms with Gasteiger partial charge < -0.3 is 21.3 Å². The Kier molecular flexibility index (Phi) is 9.25. The number of benzene rings is 1. The first-order valence-electron chi connectivity index (χ1n) is 9.03. The zero-order chi connectivity index (χ0) is 19.1. The second-order valence-electron chi connectivity index (χ2n) is 6.95. The summed E-state index contributed by atoms with van der Waals surface area (Å²) < 4.78 is 0. The fourth-order valence-corrected chi connectivity index (χ4v) is 2.81. The van der Waals surface area contributed by atoms with Gasteiger partial charge in [-0.3, -0.25) is 14.4 Å². The molecular formula is C19H29ClN4O3. The van der Waals surface area contributed by atoms with Gasteiger partial charge in [-0.1, -0.05) is 38.1 Å². The molecule has 2 rings (SSSR count). The molecule has 150 valence electrons. The molecule has 1 saturated heterocycles. The van der Waals surface area contributed by atoms with E-state index in [-0.39, 0.29) is 42.6 Å². The van der Waals surface area contributed by atoms with Crippen LogP contribution < -0.4 is 16.4 Å². The summed E-state index contributed by atoms with van der Waals surface area (Å²) in [6, 6.07) is 7.11. The van der Waals surface area contributed by atoms with E-state index in [9.17, 15) is 14.4 Å². The van der Waals surface area contributed by atoms with Crippen LogP contribution in [0.15, 0.2) is 24.3 Å². The van der Waals surface area contributed by atoms with Crippen LogP contribution in [0.1, 0.15) is 37.8 Å². The van der Waals surface area contributed by atoms with Crippen molar-refractivity contribution >= 4 is 30.1 Å². The van der Waals surface area contributed by atoms with Crippen molar-refractivity contribution in [2.75, 3.05) is 13.1 Å². The lowest BCUT2D eigenvalue weighted by atomic mass is 10.1. The highest BCUT2D eigenvalue weighted by atomic mass is 35.5. The number of nitrogens with zero attached hydrogens (tertiary/aromatic N) is 1. The molecule has 0 saturated carbocycles. The second-order valence-corrected chi connectivity index (χ2v) is 6.95. The summed E-state index contributed by atoms with van der Waals surface area (Å²) in [6.07, 6.45) is 1.51. The molecule has 1 fully saturated rings. The predicted octanol–water partition coefficient (Wildman–Crippen LogP) is 0.947. The Balaban J connectivity index is 0.00000364. The summed E-state index contributed by atoms with van der Waals surface area (Å²) in [5.41, 5.74) is 7.73. The van der Waals surface area contributed by atoms with E-state index in [1.807, 2.05) is 43.0 Å². The maximum absolute atomic E-state index is 12.0. The number of amides is 3. The summed E-state index contributed by atoms with van der Waals surface area (Å²) in [5, 5.41) is 5.35. The molecule has 3 amide bonds. The van der Waals surface area contributed by atoms with Gasteiger partial charge in [0.25, 0.3) is 0 Å². The van der Waals surface area contributed by atoms with E-state index in [1.54, 1.807) is 0 Å². The molecule has 4 N–H and O–H groups in total. The van der Waals surface area contributed by atoms with Crippen molar-refractivity contribution in [2.45, 2.75) is 45.8 Å². The number of carbonyl (C=O) groups excluding carboxylic acids is 3. The number of hydrogen-bond donors (Lipinski definition) is 3. The molecule has 1 aromatic rings. The van der Waals surface area contributed by atoms with Gasteiger partial charge in [0.2, 0.25) is 17.7 Å². The lowest BCUT2D eigenvalue weighted by molar-refractivity contribution is -0.128. The fraction of sp³-hybridized carbons (Fsp3) is 0.526. The Morgan fingerprint density at radius 3 is 2.44 bits per heavy atom. The summed E-state index contributed by atoms with van der Waals surface area (Å²) in [5.74, 6) is -0.421. The maximum Gasteiger partial charge on any atom is 0.239 e. The fourth-order valence-electron chi connectivity index (χ4n) is 2.81. The van der Waals surface area contributed by atoms with Crippen LogP contribution in [0.2, 0.25) is 0 Å². The third kappa shape index (κ3) is 6.84. The van der Waals surface area contributed by atoms with Gasteiger partial charge in [-0.2, -0.15) is 0 Å². The minimum atomic E-state index is -0.624. The largest absolute Gasteiger partial charge is 0.350 e. The molecule has 0 radical (unpaired) electrons. The van der Waals surface area contributed by atoms with E-state index in [0.717, 1.165) is 24.1 Å². The predicted molar refractivity (Wildman–Crippen MR) is 106 cm³/mol. The standard InChI is InChI=1S/C19H28N4O3.ClH/c1-13(2)18(20)19(26)22-11-16(24)21-10-14-6-3-4-7-15(14)12-23-9-5-8-17(23)25;/h3-4,6-7,13,18H,5,8-12,20H2,1-2H3,(H,21,24)(H,22,26);1H/t18-;/m0./s1. The highest BCUT2D eigenvalue weighted by Gasteiger charge is 2.21. The van der Waals surface area contributed by atoms with E-state index in [1.165, 1.54) is 0 Å². The van der Waals surface area contributed by atoms with Gasteiger partial charge in [-0.25, -0.2) is 0 Å². The van der Waals surface area contributed by atoms with Crippen LogP contribution in [-0.2, 0) is 27.5 Å². The minimum Gasteiger partial charge on any atom is -0.350 e. The SMILES string of the molecule is CC(C)[C@H](N)C(=O)NCC(=O)NCc1ccccc1CN1CCCC1=O.Cl. The molecule has 0 unspecified atom stereocenters. The first-order chi connectivity index (χ1) is 12.4. The molecule has 8 heteroatoms. The Morgan fingerprint density at radius 1 is 1.19 bits per heavy atom. The molecule has 7 nitrogen and oxygen atoms in total. The molecule has 0 bridgehead atoms. The van der Waals surface area contributed by atoms with Gasteiger partial charge in [-0.15, -0.1) is 12.4 Å². The zero-order valence-electron chi connectivity index (χ0n) is 15.9. The highest BCUT2D eigenvalue weighted by Crippen LogP contribution is 2.17. The summed E-state index contributed by atoms with van der Waals surface area (Å²) in [7, 11) is 0. The number of rotatable bonds is 8. The van der Waals surface area contributed by atoms with E-state index < -0.39 is 6.04 Å². The third-order valence-electron chi connectivity index (χ3n) is 4.57. The molecule has 1 heterocycles. The smallest absolute Gasteiger partial charge is 0.239 e. The van der Waals surface area contributed by atoms with Gasteiger partial charge in [0.1, 0.15) is 0 Å². The number of likely N-dealkylation sites (tertiary alicyclic amines) is 1. The Morgan fingerprint density at radius 2 is 1.85 bits per heavy atom. The van der Waals surface area contributed by atoms with Gasteiger partial charge in [0.05, 0.1) is 12.6 Å². The lowest BCUT2D eigenvalue weighted by Gasteiger charge is -2.18. The van der Waals surface area contributed by atoms with Crippen LogP contribution in [0, 0.1) is 5.92 Å². The van der Waals surface area contributed by atoms with E-state index in [2.05, 4.69) is 10.6 Å². The lowest BCUT2D eigenvalue weighted by Crippen LogP contribution is -2.47. The molecule has 0 spiro atoms. The number of carbonyl (C=O) groups is 3. The zero-order valence-corrected chi connectivity index (χ0v) is 16.7. The normalized spacial score (nSPS) is 14.7. The van der Waals surface area contributed by atoms with Gasteiger partial charge >= 0.3 is 0 Å². The molecule has 1 aromatic carbocycles. The number of nitrogens with one attached hydrogen (secondary N) is 2. The van der Waals surface area contributed by atoms with Gasteiger partial charge in [0, 0.05) is 26.1 Å². The molecule has 0 aliphatic carbocycles. The van der Waals surface area contributed by atoms with Crippen LogP contribution in [0.5, 0.6) is 0 Å². The molecule has 1 atom stereocenters. The highest BCUT2D eigenvalue weighted by molar-refractivity contribution is 5.87. The van der Waals surface area contributed by atoms with Crippen molar-refractivity contribution in [2.24, 2.45) is 11.7 Å². The Bertz CT molecular complexity index is 666. The molecule has 0 aromatic heterocycles. The van der Waals surface area contributed by atoms with Gasteiger partial charge in [0.15, 0.2) is 0 Å². The van der Waals surface area contributed by atoms with E-state index >= 15 is 0 Å². The quantitative estimate of drug-likeness (QED) is 0.608. The first kappa shape index (κ1) is 22.9. The maximum atomic E-state index is 12.0. The minimum absolute atomic E-state index is 0. The number of halogens is 1. The van der Waals surface area contributed by atoms with Crippen molar-refractivity contribution < 1.29 is 14.4 Å². The Labute approximate surface area is 166 Å². The van der Waals surface area contributed by atoms with Crippen molar-refractivity contribution in [3.8, 4) is 0 Å². The van der Waals surface area contributed by atoms with Crippen LogP contribution in [-0.4, -0.2) is 41.8 Å². The topological polar surface area (TPSA) is 105 Å². The van der Waals surface area contributed by atoms with Crippen molar-refractivity contribution in [3.63, 3.8) is 0 Å². The van der Waals surface area contributed by atoms with Crippen molar-refractivity contribution in [3.05, 3.63) is 35.4 Å².